The molecule has 5 atom stereocenters. The van der Waals surface area contributed by atoms with Crippen molar-refractivity contribution in [2.75, 3.05) is 13.2 Å². The number of allylic oxidation sites excluding steroid dienone is 1. The molecule has 0 aromatic carbocycles. The number of aliphatic hydroxyl groups is 1. The molecule has 1 aromatic rings. The van der Waals surface area contributed by atoms with Crippen LogP contribution in [0.25, 0.3) is 0 Å². The molecule has 3 rings (SSSR count). The quantitative estimate of drug-likeness (QED) is 0.842. The fourth-order valence-electron chi connectivity index (χ4n) is 4.13. The van der Waals surface area contributed by atoms with Gasteiger partial charge >= 0.3 is 0 Å². The Bertz CT molecular complexity index is 513. The van der Waals surface area contributed by atoms with Gasteiger partial charge in [0.05, 0.1) is 19.3 Å². The first kappa shape index (κ1) is 13.8. The summed E-state index contributed by atoms with van der Waals surface area (Å²) in [6, 6.07) is 4.05. The zero-order valence-electron chi connectivity index (χ0n) is 12.4. The smallest absolute Gasteiger partial charge is 0.0907 e. The number of aliphatic hydroxyl groups excluding tert-OH is 1. The van der Waals surface area contributed by atoms with E-state index in [1.807, 2.05) is 12.3 Å². The van der Waals surface area contributed by atoms with E-state index >= 15 is 0 Å². The van der Waals surface area contributed by atoms with Crippen LogP contribution in [0.5, 0.6) is 0 Å². The predicted molar refractivity (Wildman–Crippen MR) is 78.0 cm³/mol. The molecule has 20 heavy (non-hydrogen) atoms. The van der Waals surface area contributed by atoms with Crippen molar-refractivity contribution in [1.82, 2.24) is 4.98 Å². The maximum Gasteiger partial charge on any atom is 0.0907 e. The number of pyridine rings is 1. The molecule has 0 saturated carbocycles. The summed E-state index contributed by atoms with van der Waals surface area (Å²) < 4.78 is 6.20. The number of ether oxygens (including phenoxy) is 1. The Morgan fingerprint density at radius 3 is 2.90 bits per heavy atom. The van der Waals surface area contributed by atoms with E-state index in [0.29, 0.717) is 24.4 Å². The normalized spacial score (nSPS) is 40.3. The van der Waals surface area contributed by atoms with E-state index in [-0.39, 0.29) is 18.1 Å². The average Bonchev–Trinajstić information content (AvgIpc) is 2.46. The Morgan fingerprint density at radius 2 is 2.25 bits per heavy atom. The van der Waals surface area contributed by atoms with Gasteiger partial charge < -0.3 is 9.84 Å². The van der Waals surface area contributed by atoms with E-state index < -0.39 is 0 Å². The van der Waals surface area contributed by atoms with Gasteiger partial charge in [-0.15, -0.1) is 0 Å². The largest absolute Gasteiger partial charge is 0.396 e. The third kappa shape index (κ3) is 1.84. The van der Waals surface area contributed by atoms with Gasteiger partial charge in [-0.3, -0.25) is 4.98 Å². The summed E-state index contributed by atoms with van der Waals surface area (Å²) in [5, 5.41) is 9.96. The van der Waals surface area contributed by atoms with Crippen LogP contribution >= 0.6 is 0 Å². The van der Waals surface area contributed by atoms with Crippen LogP contribution in [0.1, 0.15) is 32.4 Å². The van der Waals surface area contributed by atoms with Gasteiger partial charge in [0.1, 0.15) is 0 Å². The molecule has 1 N–H and O–H groups in total. The molecular formula is C17H23NO2. The number of nitrogens with zero attached hydrogens (tertiary/aromatic N) is 1. The van der Waals surface area contributed by atoms with Crippen molar-refractivity contribution in [3.8, 4) is 0 Å². The van der Waals surface area contributed by atoms with Crippen LogP contribution in [0, 0.1) is 23.2 Å². The van der Waals surface area contributed by atoms with Crippen molar-refractivity contribution < 1.29 is 9.84 Å². The van der Waals surface area contributed by atoms with Crippen LogP contribution in [0.4, 0.5) is 0 Å². The molecule has 3 nitrogen and oxygen atoms in total. The summed E-state index contributed by atoms with van der Waals surface area (Å²) in [7, 11) is 0. The van der Waals surface area contributed by atoms with E-state index in [1.165, 1.54) is 5.57 Å². The lowest BCUT2D eigenvalue weighted by molar-refractivity contribution is -0.165. The summed E-state index contributed by atoms with van der Waals surface area (Å²) in [5.74, 6) is 1.09. The molecule has 0 unspecified atom stereocenters. The molecule has 1 aliphatic carbocycles. The second-order valence-electron chi connectivity index (χ2n) is 6.42. The minimum Gasteiger partial charge on any atom is -0.396 e. The topological polar surface area (TPSA) is 42.4 Å². The molecule has 2 bridgehead atoms. The van der Waals surface area contributed by atoms with Crippen LogP contribution in [-0.2, 0) is 4.74 Å². The highest BCUT2D eigenvalue weighted by Crippen LogP contribution is 2.55. The first-order valence-corrected chi connectivity index (χ1v) is 7.41. The fraction of sp³-hybridized carbons (Fsp3) is 0.588. The highest BCUT2D eigenvalue weighted by atomic mass is 16.5. The molecule has 2 aliphatic rings. The van der Waals surface area contributed by atoms with Crippen LogP contribution < -0.4 is 0 Å². The van der Waals surface area contributed by atoms with Gasteiger partial charge in [0.15, 0.2) is 0 Å². The SMILES string of the molecule is CC1=C[C@H](C)[C@@]2(CO)CO[C@@H](c3cccnc3)[C@@H]1[C@H]2C. The van der Waals surface area contributed by atoms with Crippen LogP contribution in [-0.4, -0.2) is 23.3 Å². The molecule has 3 heteroatoms. The summed E-state index contributed by atoms with van der Waals surface area (Å²) in [6.07, 6.45) is 6.07. The van der Waals surface area contributed by atoms with Crippen LogP contribution in [0.2, 0.25) is 0 Å². The Kier molecular flexibility index (Phi) is 3.43. The Balaban J connectivity index is 2.02. The standard InChI is InChI=1S/C17H23NO2/c1-11-7-12(2)17(9-19)10-20-16(15(11)13(17)3)14-5-4-6-18-8-14/h4-8,12-13,15-16,19H,9-10H2,1-3H3/t12-,13+,15-,16-,17+/m0/s1. The molecule has 108 valence electrons. The molecule has 1 saturated heterocycles. The summed E-state index contributed by atoms with van der Waals surface area (Å²) in [6.45, 7) is 7.46. The van der Waals surface area contributed by atoms with Crippen LogP contribution in [0.15, 0.2) is 36.2 Å². The third-order valence-corrected chi connectivity index (χ3v) is 5.56. The van der Waals surface area contributed by atoms with Gasteiger partial charge in [0, 0.05) is 23.7 Å². The summed E-state index contributed by atoms with van der Waals surface area (Å²) in [4.78, 5) is 4.22. The summed E-state index contributed by atoms with van der Waals surface area (Å²) in [5.41, 5.74) is 2.38. The van der Waals surface area contributed by atoms with Crippen molar-refractivity contribution in [2.24, 2.45) is 23.2 Å². The lowest BCUT2D eigenvalue weighted by Crippen LogP contribution is -2.53. The third-order valence-electron chi connectivity index (χ3n) is 5.56. The van der Waals surface area contributed by atoms with Crippen molar-refractivity contribution in [1.29, 1.82) is 0 Å². The van der Waals surface area contributed by atoms with E-state index in [4.69, 9.17) is 4.74 Å². The minimum atomic E-state index is -0.136. The van der Waals surface area contributed by atoms with Crippen molar-refractivity contribution >= 4 is 0 Å². The Morgan fingerprint density at radius 1 is 1.45 bits per heavy atom. The molecule has 2 heterocycles. The number of rotatable bonds is 2. The molecule has 1 fully saturated rings. The Labute approximate surface area is 120 Å². The maximum atomic E-state index is 9.96. The van der Waals surface area contributed by atoms with Gasteiger partial charge in [-0.05, 0) is 30.4 Å². The fourth-order valence-corrected chi connectivity index (χ4v) is 4.13. The maximum absolute atomic E-state index is 9.96. The van der Waals surface area contributed by atoms with Gasteiger partial charge in [0.2, 0.25) is 0 Å². The molecule has 0 radical (unpaired) electrons. The monoisotopic (exact) mass is 273 g/mol. The molecule has 0 amide bonds. The van der Waals surface area contributed by atoms with E-state index in [0.717, 1.165) is 5.56 Å². The predicted octanol–water partition coefficient (Wildman–Crippen LogP) is 2.98. The van der Waals surface area contributed by atoms with E-state index in [9.17, 15) is 5.11 Å². The lowest BCUT2D eigenvalue weighted by atomic mass is 9.56. The number of fused-ring (bicyclic) bond motifs is 2. The van der Waals surface area contributed by atoms with Crippen molar-refractivity contribution in [3.63, 3.8) is 0 Å². The van der Waals surface area contributed by atoms with Gasteiger partial charge in [-0.2, -0.15) is 0 Å². The number of hydrogen-bond donors (Lipinski definition) is 1. The zero-order valence-corrected chi connectivity index (χ0v) is 12.4. The highest BCUT2D eigenvalue weighted by Gasteiger charge is 2.53. The molecular weight excluding hydrogens is 250 g/mol. The number of aromatic nitrogens is 1. The molecule has 0 spiro atoms. The van der Waals surface area contributed by atoms with E-state index in [2.05, 4.69) is 37.9 Å². The second-order valence-corrected chi connectivity index (χ2v) is 6.42. The Hall–Kier alpha value is -1.19. The minimum absolute atomic E-state index is 0.0575. The zero-order chi connectivity index (χ0) is 14.3. The number of hydrogen-bond acceptors (Lipinski definition) is 3. The van der Waals surface area contributed by atoms with Gasteiger partial charge in [-0.25, -0.2) is 0 Å². The molecule has 1 aliphatic heterocycles. The van der Waals surface area contributed by atoms with Gasteiger partial charge in [0.25, 0.3) is 0 Å². The van der Waals surface area contributed by atoms with E-state index in [1.54, 1.807) is 6.20 Å². The van der Waals surface area contributed by atoms with Crippen molar-refractivity contribution in [2.45, 2.75) is 26.9 Å². The van der Waals surface area contributed by atoms with Crippen LogP contribution in [0.3, 0.4) is 0 Å². The van der Waals surface area contributed by atoms with Crippen molar-refractivity contribution in [3.05, 3.63) is 41.7 Å². The lowest BCUT2D eigenvalue weighted by Gasteiger charge is -2.55. The first-order valence-electron chi connectivity index (χ1n) is 7.41. The average molecular weight is 273 g/mol. The first-order chi connectivity index (χ1) is 9.60. The van der Waals surface area contributed by atoms with Gasteiger partial charge in [-0.1, -0.05) is 31.6 Å². The molecule has 1 aromatic heterocycles. The second kappa shape index (κ2) is 4.97. The highest BCUT2D eigenvalue weighted by molar-refractivity contribution is 5.26. The summed E-state index contributed by atoms with van der Waals surface area (Å²) >= 11 is 0.